The number of aliphatic carboxylic acids is 1. The third-order valence-electron chi connectivity index (χ3n) is 2.22. The molecule has 18 heavy (non-hydrogen) atoms. The molecule has 1 aromatic carbocycles. The predicted octanol–water partition coefficient (Wildman–Crippen LogP) is -0.550. The van der Waals surface area contributed by atoms with E-state index in [0.717, 1.165) is 16.3 Å². The van der Waals surface area contributed by atoms with Crippen LogP contribution < -0.4 is 17.1 Å². The minimum atomic E-state index is -0.873. The van der Waals surface area contributed by atoms with Crippen molar-refractivity contribution in [2.45, 2.75) is 6.42 Å². The highest BCUT2D eigenvalue weighted by Crippen LogP contribution is 2.31. The fourth-order valence-electron chi connectivity index (χ4n) is 1.49. The van der Waals surface area contributed by atoms with Gasteiger partial charge < -0.3 is 22.3 Å². The summed E-state index contributed by atoms with van der Waals surface area (Å²) in [5.41, 5.74) is 1.46. The topological polar surface area (TPSA) is 59.4 Å². The van der Waals surface area contributed by atoms with Crippen molar-refractivity contribution in [2.75, 3.05) is 7.11 Å². The minimum Gasteiger partial charge on any atom is -1.00 e. The van der Waals surface area contributed by atoms with Gasteiger partial charge in [0.15, 0.2) is 0 Å². The second-order valence-electron chi connectivity index (χ2n) is 3.41. The van der Waals surface area contributed by atoms with Crippen molar-refractivity contribution in [1.82, 2.24) is 4.98 Å². The van der Waals surface area contributed by atoms with Crippen LogP contribution in [0.25, 0.3) is 10.6 Å². The zero-order valence-corrected chi connectivity index (χ0v) is 11.2. The van der Waals surface area contributed by atoms with Crippen LogP contribution in [0.4, 0.5) is 0 Å². The summed E-state index contributed by atoms with van der Waals surface area (Å²) in [4.78, 5) is 14.9. The monoisotopic (exact) mass is 284 g/mol. The molecule has 0 unspecified atom stereocenters. The molecule has 0 radical (unpaired) electrons. The lowest BCUT2D eigenvalue weighted by molar-refractivity contribution is -0.136. The van der Waals surface area contributed by atoms with Crippen LogP contribution in [0.5, 0.6) is 5.75 Å². The van der Waals surface area contributed by atoms with Crippen molar-refractivity contribution in [1.29, 1.82) is 0 Å². The van der Waals surface area contributed by atoms with Gasteiger partial charge >= 0.3 is 5.97 Å². The second kappa shape index (κ2) is 6.37. The summed E-state index contributed by atoms with van der Waals surface area (Å²) in [6.07, 6.45) is -0.0500. The van der Waals surface area contributed by atoms with Crippen molar-refractivity contribution in [3.63, 3.8) is 0 Å². The molecule has 0 amide bonds. The maximum Gasteiger partial charge on any atom is 0.309 e. The van der Waals surface area contributed by atoms with Gasteiger partial charge in [0.1, 0.15) is 10.8 Å². The number of carbonyl (C=O) groups is 1. The molecule has 0 atom stereocenters. The lowest BCUT2D eigenvalue weighted by Gasteiger charge is -2.04. The summed E-state index contributed by atoms with van der Waals surface area (Å²) >= 11 is 1.42. The smallest absolute Gasteiger partial charge is 0.309 e. The van der Waals surface area contributed by atoms with Crippen molar-refractivity contribution in [3.8, 4) is 16.3 Å². The molecule has 4 nitrogen and oxygen atoms in total. The number of aromatic nitrogens is 1. The summed E-state index contributed by atoms with van der Waals surface area (Å²) < 4.78 is 5.24. The second-order valence-corrected chi connectivity index (χ2v) is 4.27. The Labute approximate surface area is 115 Å². The molecule has 6 heteroatoms. The Morgan fingerprint density at radius 1 is 1.44 bits per heavy atom. The van der Waals surface area contributed by atoms with Crippen LogP contribution in [-0.4, -0.2) is 23.2 Å². The normalized spacial score (nSPS) is 9.61. The summed E-state index contributed by atoms with van der Waals surface area (Å²) in [5, 5.41) is 11.2. The molecule has 0 fully saturated rings. The number of methoxy groups -OCH3 is 1. The third-order valence-corrected chi connectivity index (χ3v) is 3.15. The molecule has 0 spiro atoms. The average molecular weight is 285 g/mol. The summed E-state index contributed by atoms with van der Waals surface area (Å²) in [6, 6.07) is 7.54. The van der Waals surface area contributed by atoms with Crippen LogP contribution in [0.2, 0.25) is 0 Å². The van der Waals surface area contributed by atoms with Crippen molar-refractivity contribution in [3.05, 3.63) is 35.3 Å². The van der Waals surface area contributed by atoms with Crippen LogP contribution in [0.3, 0.4) is 0 Å². The lowest BCUT2D eigenvalue weighted by atomic mass is 10.2. The fraction of sp³-hybridized carbons (Fsp3) is 0.167. The molecule has 0 saturated heterocycles. The van der Waals surface area contributed by atoms with Crippen LogP contribution in [-0.2, 0) is 11.2 Å². The summed E-state index contributed by atoms with van der Waals surface area (Å²) in [5.74, 6) is -0.134. The third kappa shape index (κ3) is 3.21. The molecule has 1 N–H and O–H groups in total. The first-order valence-corrected chi connectivity index (χ1v) is 5.88. The number of thiazole rings is 1. The van der Waals surface area contributed by atoms with Gasteiger partial charge in [-0.1, -0.05) is 12.1 Å². The van der Waals surface area contributed by atoms with Gasteiger partial charge in [0.05, 0.1) is 24.8 Å². The first kappa shape index (κ1) is 14.5. The first-order chi connectivity index (χ1) is 8.20. The highest BCUT2D eigenvalue weighted by atomic mass is 35.5. The summed E-state index contributed by atoms with van der Waals surface area (Å²) in [6.45, 7) is 0. The molecule has 96 valence electrons. The Bertz CT molecular complexity index is 542. The number of carboxylic acids is 1. The van der Waals surface area contributed by atoms with Gasteiger partial charge in [-0.25, -0.2) is 4.98 Å². The van der Waals surface area contributed by atoms with Gasteiger partial charge in [-0.15, -0.1) is 11.3 Å². The molecule has 0 aliphatic carbocycles. The Balaban J connectivity index is 0.00000162. The van der Waals surface area contributed by atoms with Crippen molar-refractivity contribution < 1.29 is 27.0 Å². The lowest BCUT2D eigenvalue weighted by Crippen LogP contribution is -3.00. The van der Waals surface area contributed by atoms with Crippen molar-refractivity contribution >= 4 is 17.3 Å². The molecular formula is C12H11ClNO3S-. The van der Waals surface area contributed by atoms with Gasteiger partial charge in [-0.2, -0.15) is 0 Å². The van der Waals surface area contributed by atoms with E-state index in [1.54, 1.807) is 12.5 Å². The van der Waals surface area contributed by atoms with E-state index >= 15 is 0 Å². The molecule has 0 bridgehead atoms. The van der Waals surface area contributed by atoms with Crippen LogP contribution in [0.1, 0.15) is 5.69 Å². The first-order valence-electron chi connectivity index (χ1n) is 5.00. The van der Waals surface area contributed by atoms with Gasteiger partial charge in [-0.3, -0.25) is 4.79 Å². The van der Waals surface area contributed by atoms with E-state index in [1.165, 1.54) is 11.3 Å². The standard InChI is InChI=1S/C12H11NO3S.ClH/c1-16-10-5-3-2-4-9(10)12-13-8(7-17-12)6-11(14)15;/h2-5,7H,6H2,1H3,(H,14,15);1H/p-1. The number of ether oxygens (including phenoxy) is 1. The van der Waals surface area contributed by atoms with Crippen LogP contribution in [0.15, 0.2) is 29.6 Å². The highest BCUT2D eigenvalue weighted by Gasteiger charge is 2.11. The van der Waals surface area contributed by atoms with Gasteiger partial charge in [0.2, 0.25) is 0 Å². The minimum absolute atomic E-state index is 0. The molecule has 2 aromatic rings. The molecule has 1 aromatic heterocycles. The number of hydrogen-bond donors (Lipinski definition) is 1. The number of carboxylic acid groups (broad SMARTS) is 1. The number of benzene rings is 1. The Morgan fingerprint density at radius 3 is 2.83 bits per heavy atom. The molecule has 0 saturated carbocycles. The molecule has 0 aliphatic rings. The maximum atomic E-state index is 10.6. The van der Waals surface area contributed by atoms with Gasteiger partial charge in [0.25, 0.3) is 0 Å². The van der Waals surface area contributed by atoms with Crippen molar-refractivity contribution in [2.24, 2.45) is 0 Å². The number of hydrogen-bond acceptors (Lipinski definition) is 4. The molecular weight excluding hydrogens is 274 g/mol. The predicted molar refractivity (Wildman–Crippen MR) is 65.4 cm³/mol. The fourth-order valence-corrected chi connectivity index (χ4v) is 2.34. The number of rotatable bonds is 4. The summed E-state index contributed by atoms with van der Waals surface area (Å²) in [7, 11) is 1.60. The Kier molecular flexibility index (Phi) is 5.12. The molecule has 0 aliphatic heterocycles. The van der Waals surface area contributed by atoms with Gasteiger partial charge in [-0.05, 0) is 12.1 Å². The maximum absolute atomic E-state index is 10.6. The zero-order valence-electron chi connectivity index (χ0n) is 9.59. The number of halogens is 1. The van der Waals surface area contributed by atoms with Crippen LogP contribution >= 0.6 is 11.3 Å². The van der Waals surface area contributed by atoms with Crippen LogP contribution in [0, 0.1) is 0 Å². The largest absolute Gasteiger partial charge is 1.00 e. The van der Waals surface area contributed by atoms with E-state index < -0.39 is 5.97 Å². The van der Waals surface area contributed by atoms with Gasteiger partial charge in [0, 0.05) is 5.38 Å². The Morgan fingerprint density at radius 2 is 2.17 bits per heavy atom. The van der Waals surface area contributed by atoms with E-state index in [1.807, 2.05) is 24.3 Å². The number of nitrogens with zero attached hydrogens (tertiary/aromatic N) is 1. The zero-order chi connectivity index (χ0) is 12.3. The Hall–Kier alpha value is -1.59. The molecule has 1 heterocycles. The SMILES string of the molecule is COc1ccccc1-c1nc(CC(=O)O)cs1.[Cl-]. The van der Waals surface area contributed by atoms with E-state index in [0.29, 0.717) is 5.69 Å². The quantitative estimate of drug-likeness (QED) is 0.818. The van der Waals surface area contributed by atoms with E-state index in [4.69, 9.17) is 9.84 Å². The van der Waals surface area contributed by atoms with E-state index in [2.05, 4.69) is 4.98 Å². The van der Waals surface area contributed by atoms with E-state index in [-0.39, 0.29) is 18.8 Å². The molecule has 2 rings (SSSR count). The average Bonchev–Trinajstić information content (AvgIpc) is 2.76. The number of para-hydroxylation sites is 1. The van der Waals surface area contributed by atoms with E-state index in [9.17, 15) is 4.79 Å². The highest BCUT2D eigenvalue weighted by molar-refractivity contribution is 7.13.